The first-order chi connectivity index (χ1) is 12.4. The van der Waals surface area contributed by atoms with Crippen LogP contribution in [0.15, 0.2) is 30.5 Å². The van der Waals surface area contributed by atoms with Gasteiger partial charge in [0.15, 0.2) is 5.65 Å². The average Bonchev–Trinajstić information content (AvgIpc) is 2.97. The van der Waals surface area contributed by atoms with Crippen molar-refractivity contribution in [3.63, 3.8) is 0 Å². The fourth-order valence-electron chi connectivity index (χ4n) is 2.64. The highest BCUT2D eigenvalue weighted by molar-refractivity contribution is 6.38. The highest BCUT2D eigenvalue weighted by atomic mass is 35.5. The molecule has 2 heterocycles. The van der Waals surface area contributed by atoms with Crippen LogP contribution in [0.25, 0.3) is 16.7 Å². The summed E-state index contributed by atoms with van der Waals surface area (Å²) in [5, 5.41) is 13.9. The monoisotopic (exact) mass is 371 g/mol. The maximum Gasteiger partial charge on any atom is 0.256 e. The Balaban J connectivity index is 2.08. The zero-order valence-electron chi connectivity index (χ0n) is 14.2. The molecule has 2 aromatic heterocycles. The number of rotatable bonds is 4. The molecule has 3 aromatic rings. The van der Waals surface area contributed by atoms with Crippen LogP contribution >= 0.6 is 11.6 Å². The van der Waals surface area contributed by atoms with Crippen LogP contribution in [-0.4, -0.2) is 39.2 Å². The maximum absolute atomic E-state index is 13.2. The lowest BCUT2D eigenvalue weighted by Crippen LogP contribution is -2.28. The molecule has 132 valence electrons. The van der Waals surface area contributed by atoms with Gasteiger partial charge in [0.1, 0.15) is 5.82 Å². The van der Waals surface area contributed by atoms with Crippen molar-refractivity contribution in [3.8, 4) is 11.8 Å². The molecule has 0 aliphatic heterocycles. The van der Waals surface area contributed by atoms with E-state index in [-0.39, 0.29) is 28.7 Å². The third kappa shape index (κ3) is 3.11. The Morgan fingerprint density at radius 1 is 1.38 bits per heavy atom. The van der Waals surface area contributed by atoms with Gasteiger partial charge in [-0.1, -0.05) is 11.6 Å². The van der Waals surface area contributed by atoms with Crippen LogP contribution in [0, 0.1) is 24.1 Å². The van der Waals surface area contributed by atoms with E-state index in [2.05, 4.69) is 10.1 Å². The first-order valence-corrected chi connectivity index (χ1v) is 8.24. The topological polar surface area (TPSA) is 74.8 Å². The zero-order valence-corrected chi connectivity index (χ0v) is 15.0. The van der Waals surface area contributed by atoms with Crippen LogP contribution in [0.5, 0.6) is 0 Å². The number of pyridine rings is 1. The Morgan fingerprint density at radius 3 is 2.73 bits per heavy atom. The Labute approximate surface area is 154 Å². The van der Waals surface area contributed by atoms with Crippen molar-refractivity contribution in [3.05, 3.63) is 52.6 Å². The van der Waals surface area contributed by atoms with E-state index in [1.54, 1.807) is 30.8 Å². The van der Waals surface area contributed by atoms with Crippen molar-refractivity contribution in [1.82, 2.24) is 19.7 Å². The van der Waals surface area contributed by atoms with E-state index in [4.69, 9.17) is 16.9 Å². The van der Waals surface area contributed by atoms with Crippen molar-refractivity contribution in [2.75, 3.05) is 13.6 Å². The van der Waals surface area contributed by atoms with Gasteiger partial charge in [0.05, 0.1) is 39.8 Å². The van der Waals surface area contributed by atoms with Gasteiger partial charge in [-0.25, -0.2) is 14.1 Å². The molecule has 0 spiro atoms. The molecule has 0 aliphatic carbocycles. The summed E-state index contributed by atoms with van der Waals surface area (Å²) >= 11 is 6.48. The first kappa shape index (κ1) is 17.8. The third-order valence-corrected chi connectivity index (χ3v) is 4.41. The van der Waals surface area contributed by atoms with Gasteiger partial charge < -0.3 is 4.90 Å². The number of amides is 1. The highest BCUT2D eigenvalue weighted by Crippen LogP contribution is 2.30. The van der Waals surface area contributed by atoms with Crippen LogP contribution in [0.2, 0.25) is 5.02 Å². The number of aryl methyl sites for hydroxylation is 1. The number of carbonyl (C=O) groups excluding carboxylic acids is 1. The first-order valence-electron chi connectivity index (χ1n) is 7.86. The van der Waals surface area contributed by atoms with E-state index in [0.29, 0.717) is 29.0 Å². The fraction of sp³-hybridized carbons (Fsp3) is 0.222. The van der Waals surface area contributed by atoms with Crippen molar-refractivity contribution >= 4 is 28.5 Å². The van der Waals surface area contributed by atoms with Gasteiger partial charge in [-0.05, 0) is 31.2 Å². The summed E-state index contributed by atoms with van der Waals surface area (Å²) in [6, 6.07) is 7.85. The molecule has 0 N–H and O–H groups in total. The molecule has 1 aromatic carbocycles. The van der Waals surface area contributed by atoms with Gasteiger partial charge in [0.2, 0.25) is 0 Å². The number of nitrogens with zero attached hydrogens (tertiary/aromatic N) is 5. The molecule has 0 aliphatic rings. The molecule has 0 saturated carbocycles. The summed E-state index contributed by atoms with van der Waals surface area (Å²) < 4.78 is 14.7. The van der Waals surface area contributed by atoms with Crippen molar-refractivity contribution in [1.29, 1.82) is 5.26 Å². The fourth-order valence-corrected chi connectivity index (χ4v) is 3.00. The summed E-state index contributed by atoms with van der Waals surface area (Å²) in [7, 11) is 1.61. The molecule has 26 heavy (non-hydrogen) atoms. The lowest BCUT2D eigenvalue weighted by atomic mass is 10.2. The number of hydrogen-bond donors (Lipinski definition) is 0. The Hall–Kier alpha value is -2.98. The van der Waals surface area contributed by atoms with E-state index in [1.165, 1.54) is 23.2 Å². The van der Waals surface area contributed by atoms with Crippen LogP contribution in [-0.2, 0) is 0 Å². The van der Waals surface area contributed by atoms with Gasteiger partial charge in [-0.3, -0.25) is 4.79 Å². The smallest absolute Gasteiger partial charge is 0.256 e. The molecular formula is C18H15ClFN5O. The highest BCUT2D eigenvalue weighted by Gasteiger charge is 2.21. The number of nitriles is 1. The number of carbonyl (C=O) groups is 1. The minimum atomic E-state index is -0.346. The largest absolute Gasteiger partial charge is 0.341 e. The predicted molar refractivity (Wildman–Crippen MR) is 95.8 cm³/mol. The summed E-state index contributed by atoms with van der Waals surface area (Å²) in [6.45, 7) is 2.07. The number of fused-ring (bicyclic) bond motifs is 1. The standard InChI is InChI=1S/C18H15ClFN5O/c1-11-15-16(19)14(18(26)24(2)9-3-8-21)10-22-17(15)25(23-11)13-6-4-12(20)5-7-13/h4-7,10H,3,9H2,1-2H3. The molecule has 0 atom stereocenters. The second-order valence-electron chi connectivity index (χ2n) is 5.79. The normalized spacial score (nSPS) is 10.7. The van der Waals surface area contributed by atoms with E-state index in [0.717, 1.165) is 0 Å². The predicted octanol–water partition coefficient (Wildman–Crippen LogP) is 3.51. The second kappa shape index (κ2) is 7.10. The number of halogens is 2. The molecule has 0 radical (unpaired) electrons. The maximum atomic E-state index is 13.2. The number of benzene rings is 1. The quantitative estimate of drug-likeness (QED) is 0.703. The minimum Gasteiger partial charge on any atom is -0.341 e. The van der Waals surface area contributed by atoms with Gasteiger partial charge in [-0.2, -0.15) is 10.4 Å². The van der Waals surface area contributed by atoms with Gasteiger partial charge in [0.25, 0.3) is 5.91 Å². The van der Waals surface area contributed by atoms with Crippen molar-refractivity contribution < 1.29 is 9.18 Å². The summed E-state index contributed by atoms with van der Waals surface area (Å²) in [4.78, 5) is 18.3. The molecule has 0 fully saturated rings. The van der Waals surface area contributed by atoms with Gasteiger partial charge in [0, 0.05) is 19.8 Å². The van der Waals surface area contributed by atoms with E-state index >= 15 is 0 Å². The Bertz CT molecular complexity index is 1020. The van der Waals surface area contributed by atoms with Crippen LogP contribution < -0.4 is 0 Å². The third-order valence-electron chi connectivity index (χ3n) is 4.02. The molecule has 0 saturated heterocycles. The van der Waals surface area contributed by atoms with Crippen LogP contribution in [0.1, 0.15) is 22.5 Å². The van der Waals surface area contributed by atoms with Gasteiger partial charge >= 0.3 is 0 Å². The average molecular weight is 372 g/mol. The molecule has 1 amide bonds. The molecular weight excluding hydrogens is 357 g/mol. The lowest BCUT2D eigenvalue weighted by Gasteiger charge is -2.16. The van der Waals surface area contributed by atoms with Crippen LogP contribution in [0.4, 0.5) is 4.39 Å². The Morgan fingerprint density at radius 2 is 2.08 bits per heavy atom. The van der Waals surface area contributed by atoms with E-state index in [1.807, 2.05) is 6.07 Å². The second-order valence-corrected chi connectivity index (χ2v) is 6.17. The molecule has 3 rings (SSSR count). The lowest BCUT2D eigenvalue weighted by molar-refractivity contribution is 0.0798. The zero-order chi connectivity index (χ0) is 18.8. The van der Waals surface area contributed by atoms with Crippen molar-refractivity contribution in [2.24, 2.45) is 0 Å². The molecule has 0 bridgehead atoms. The SMILES string of the molecule is Cc1nn(-c2ccc(F)cc2)c2ncc(C(=O)N(C)CCC#N)c(Cl)c12. The number of hydrogen-bond acceptors (Lipinski definition) is 4. The van der Waals surface area contributed by atoms with E-state index in [9.17, 15) is 9.18 Å². The van der Waals surface area contributed by atoms with E-state index < -0.39 is 0 Å². The molecule has 6 nitrogen and oxygen atoms in total. The Kier molecular flexibility index (Phi) is 4.87. The van der Waals surface area contributed by atoms with Crippen LogP contribution in [0.3, 0.4) is 0 Å². The minimum absolute atomic E-state index is 0.233. The summed E-state index contributed by atoms with van der Waals surface area (Å²) in [5.41, 5.74) is 1.98. The molecule has 0 unspecified atom stereocenters. The van der Waals surface area contributed by atoms with Gasteiger partial charge in [-0.15, -0.1) is 0 Å². The molecule has 8 heteroatoms. The number of aromatic nitrogens is 3. The van der Waals surface area contributed by atoms with Crippen molar-refractivity contribution in [2.45, 2.75) is 13.3 Å². The summed E-state index contributed by atoms with van der Waals surface area (Å²) in [5.74, 6) is -0.658. The summed E-state index contributed by atoms with van der Waals surface area (Å²) in [6.07, 6.45) is 1.63.